The number of ketones is 1. The second kappa shape index (κ2) is 11.5. The fourth-order valence-corrected chi connectivity index (χ4v) is 1.86. The van der Waals surface area contributed by atoms with Crippen LogP contribution in [0.2, 0.25) is 0 Å². The molecule has 0 bridgehead atoms. The number of thioether (sulfide) groups is 1. The molecule has 0 aliphatic heterocycles. The van der Waals surface area contributed by atoms with E-state index in [2.05, 4.69) is 20.5 Å². The highest BCUT2D eigenvalue weighted by Gasteiger charge is 2.20. The number of oxime groups is 1. The monoisotopic (exact) mass is 375 g/mol. The lowest BCUT2D eigenvalue weighted by atomic mass is 10.1. The van der Waals surface area contributed by atoms with Crippen molar-refractivity contribution in [2.75, 3.05) is 20.0 Å². The number of Topliss-reactive ketones (excluding diaryl/α,β-unsaturated/α-hetero) is 1. The highest BCUT2D eigenvalue weighted by Crippen LogP contribution is 2.08. The quantitative estimate of drug-likeness (QED) is 0.299. The molecule has 0 saturated heterocycles. The Morgan fingerprint density at radius 2 is 1.80 bits per heavy atom. The summed E-state index contributed by atoms with van der Waals surface area (Å²) in [5, 5.41) is 7.74. The number of amides is 1. The standard InChI is InChI=1S/C15H25N3O6S/c1-7-23-13(20)8-10(18-22-5)11(19)9-12(25-6)16-17-14(21)24-15(2,3)4/h7-9H2,1-6H3,(H,17,21). The molecular formula is C15H25N3O6S. The van der Waals surface area contributed by atoms with Crippen LogP contribution in [0, 0.1) is 0 Å². The Balaban J connectivity index is 4.87. The Labute approximate surface area is 151 Å². The third kappa shape index (κ3) is 11.1. The topological polar surface area (TPSA) is 116 Å². The third-order valence-electron chi connectivity index (χ3n) is 2.36. The van der Waals surface area contributed by atoms with Crippen LogP contribution in [0.15, 0.2) is 10.3 Å². The van der Waals surface area contributed by atoms with Gasteiger partial charge in [-0.05, 0) is 34.0 Å². The molecule has 0 rings (SSSR count). The van der Waals surface area contributed by atoms with Gasteiger partial charge in [-0.2, -0.15) is 5.10 Å². The fraction of sp³-hybridized carbons (Fsp3) is 0.667. The largest absolute Gasteiger partial charge is 0.466 e. The van der Waals surface area contributed by atoms with E-state index in [1.54, 1.807) is 34.0 Å². The van der Waals surface area contributed by atoms with Crippen molar-refractivity contribution >= 4 is 40.4 Å². The lowest BCUT2D eigenvalue weighted by Crippen LogP contribution is -2.30. The Hall–Kier alpha value is -2.10. The second-order valence-corrected chi connectivity index (χ2v) is 6.51. The average molecular weight is 375 g/mol. The van der Waals surface area contributed by atoms with Crippen LogP contribution in [-0.4, -0.2) is 54.2 Å². The molecule has 0 aromatic rings. The lowest BCUT2D eigenvalue weighted by molar-refractivity contribution is -0.141. The molecule has 0 aromatic heterocycles. The second-order valence-electron chi connectivity index (χ2n) is 5.63. The highest BCUT2D eigenvalue weighted by atomic mass is 32.2. The van der Waals surface area contributed by atoms with E-state index >= 15 is 0 Å². The van der Waals surface area contributed by atoms with Gasteiger partial charge in [0.15, 0.2) is 5.78 Å². The van der Waals surface area contributed by atoms with Crippen LogP contribution in [0.3, 0.4) is 0 Å². The van der Waals surface area contributed by atoms with E-state index in [1.165, 1.54) is 18.9 Å². The van der Waals surface area contributed by atoms with Gasteiger partial charge in [-0.1, -0.05) is 5.16 Å². The van der Waals surface area contributed by atoms with E-state index in [4.69, 9.17) is 9.47 Å². The highest BCUT2D eigenvalue weighted by molar-refractivity contribution is 8.13. The van der Waals surface area contributed by atoms with E-state index in [1.807, 2.05) is 0 Å². The maximum absolute atomic E-state index is 12.3. The molecule has 0 radical (unpaired) electrons. The summed E-state index contributed by atoms with van der Waals surface area (Å²) in [5.74, 6) is -1.05. The van der Waals surface area contributed by atoms with Gasteiger partial charge < -0.3 is 14.3 Å². The summed E-state index contributed by atoms with van der Waals surface area (Å²) in [6.07, 6.45) is 0.505. The van der Waals surface area contributed by atoms with Crippen molar-refractivity contribution in [1.29, 1.82) is 0 Å². The molecule has 0 fully saturated rings. The van der Waals surface area contributed by atoms with Crippen LogP contribution >= 0.6 is 11.8 Å². The molecule has 9 nitrogen and oxygen atoms in total. The van der Waals surface area contributed by atoms with Crippen molar-refractivity contribution in [1.82, 2.24) is 5.43 Å². The molecule has 142 valence electrons. The summed E-state index contributed by atoms with van der Waals surface area (Å²) in [4.78, 5) is 39.9. The van der Waals surface area contributed by atoms with E-state index in [0.717, 1.165) is 0 Å². The molecule has 0 saturated carbocycles. The van der Waals surface area contributed by atoms with Gasteiger partial charge in [-0.3, -0.25) is 9.59 Å². The summed E-state index contributed by atoms with van der Waals surface area (Å²) in [6, 6.07) is 0. The minimum atomic E-state index is -0.733. The molecule has 1 N–H and O–H groups in total. The zero-order valence-corrected chi connectivity index (χ0v) is 16.2. The molecule has 10 heteroatoms. The number of carbonyl (C=O) groups is 3. The van der Waals surface area contributed by atoms with Gasteiger partial charge in [0.05, 0.1) is 19.4 Å². The van der Waals surface area contributed by atoms with Gasteiger partial charge in [0.25, 0.3) is 0 Å². The smallest absolute Gasteiger partial charge is 0.428 e. The number of nitrogens with zero attached hydrogens (tertiary/aromatic N) is 2. The fourth-order valence-electron chi connectivity index (χ4n) is 1.45. The van der Waals surface area contributed by atoms with Crippen molar-refractivity contribution in [2.24, 2.45) is 10.3 Å². The van der Waals surface area contributed by atoms with Crippen LogP contribution in [0.5, 0.6) is 0 Å². The van der Waals surface area contributed by atoms with Crippen molar-refractivity contribution in [2.45, 2.75) is 46.1 Å². The number of nitrogens with one attached hydrogen (secondary N) is 1. The first-order valence-corrected chi connectivity index (χ1v) is 8.73. The van der Waals surface area contributed by atoms with Crippen LogP contribution < -0.4 is 5.43 Å². The first-order valence-electron chi connectivity index (χ1n) is 7.51. The Kier molecular flexibility index (Phi) is 10.5. The zero-order chi connectivity index (χ0) is 19.5. The molecule has 0 heterocycles. The first-order chi connectivity index (χ1) is 11.6. The molecule has 0 aliphatic carbocycles. The Morgan fingerprint density at radius 3 is 2.28 bits per heavy atom. The SMILES string of the molecule is CCOC(=O)CC(=NOC)C(=O)CC(=NNC(=O)OC(C)(C)C)SC. The Morgan fingerprint density at radius 1 is 1.16 bits per heavy atom. The minimum absolute atomic E-state index is 0.0834. The van der Waals surface area contributed by atoms with E-state index < -0.39 is 23.4 Å². The minimum Gasteiger partial charge on any atom is -0.466 e. The molecule has 25 heavy (non-hydrogen) atoms. The van der Waals surface area contributed by atoms with Crippen LogP contribution in [0.4, 0.5) is 4.79 Å². The van der Waals surface area contributed by atoms with Crippen LogP contribution in [0.25, 0.3) is 0 Å². The summed E-state index contributed by atoms with van der Waals surface area (Å²) in [7, 11) is 1.27. The molecule has 1 amide bonds. The van der Waals surface area contributed by atoms with Gasteiger partial charge in [-0.25, -0.2) is 10.2 Å². The van der Waals surface area contributed by atoms with Crippen molar-refractivity contribution < 1.29 is 28.7 Å². The van der Waals surface area contributed by atoms with Gasteiger partial charge >= 0.3 is 12.1 Å². The summed E-state index contributed by atoms with van der Waals surface area (Å²) >= 11 is 1.17. The molecule has 0 unspecified atom stereocenters. The molecular weight excluding hydrogens is 350 g/mol. The predicted molar refractivity (Wildman–Crippen MR) is 95.6 cm³/mol. The summed E-state index contributed by atoms with van der Waals surface area (Å²) < 4.78 is 9.84. The molecule has 0 spiro atoms. The Bertz CT molecular complexity index is 540. The van der Waals surface area contributed by atoms with Gasteiger partial charge in [-0.15, -0.1) is 11.8 Å². The number of rotatable bonds is 8. The van der Waals surface area contributed by atoms with Crippen molar-refractivity contribution in [3.8, 4) is 0 Å². The van der Waals surface area contributed by atoms with E-state index in [0.29, 0.717) is 5.04 Å². The van der Waals surface area contributed by atoms with Crippen LogP contribution in [-0.2, 0) is 23.9 Å². The lowest BCUT2D eigenvalue weighted by Gasteiger charge is -2.18. The number of hydrazone groups is 1. The number of carbonyl (C=O) groups excluding carboxylic acids is 3. The molecule has 0 aliphatic rings. The maximum Gasteiger partial charge on any atom is 0.428 e. The molecule has 0 aromatic carbocycles. The average Bonchev–Trinajstić information content (AvgIpc) is 2.49. The van der Waals surface area contributed by atoms with Crippen LogP contribution in [0.1, 0.15) is 40.5 Å². The number of hydrogen-bond donors (Lipinski definition) is 1. The van der Waals surface area contributed by atoms with Crippen molar-refractivity contribution in [3.05, 3.63) is 0 Å². The van der Waals surface area contributed by atoms with Crippen molar-refractivity contribution in [3.63, 3.8) is 0 Å². The number of hydrogen-bond acceptors (Lipinski definition) is 9. The summed E-state index contributed by atoms with van der Waals surface area (Å²) in [6.45, 7) is 7.02. The predicted octanol–water partition coefficient (Wildman–Crippen LogP) is 2.10. The first kappa shape index (κ1) is 22.9. The summed E-state index contributed by atoms with van der Waals surface area (Å²) in [5.41, 5.74) is 1.48. The zero-order valence-electron chi connectivity index (χ0n) is 15.4. The number of ether oxygens (including phenoxy) is 2. The maximum atomic E-state index is 12.3. The normalized spacial score (nSPS) is 12.4. The van der Waals surface area contributed by atoms with E-state index in [9.17, 15) is 14.4 Å². The molecule has 0 atom stereocenters. The van der Waals surface area contributed by atoms with Gasteiger partial charge in [0.2, 0.25) is 0 Å². The van der Waals surface area contributed by atoms with E-state index in [-0.39, 0.29) is 25.2 Å². The third-order valence-corrected chi connectivity index (χ3v) is 3.07. The van der Waals surface area contributed by atoms with Gasteiger partial charge in [0, 0.05) is 0 Å². The number of esters is 1. The van der Waals surface area contributed by atoms with Gasteiger partial charge in [0.1, 0.15) is 23.5 Å².